The Labute approximate surface area is 164 Å². The molecule has 3 aromatic rings. The van der Waals surface area contributed by atoms with E-state index in [1.807, 2.05) is 12.1 Å². The van der Waals surface area contributed by atoms with Crippen LogP contribution < -0.4 is 0 Å². The van der Waals surface area contributed by atoms with Gasteiger partial charge in [-0.25, -0.2) is 17.6 Å². The molecular weight excluding hydrogens is 380 g/mol. The fourth-order valence-electron chi connectivity index (χ4n) is 3.46. The summed E-state index contributed by atoms with van der Waals surface area (Å²) in [5.41, 5.74) is 2.51. The molecule has 0 bridgehead atoms. The van der Waals surface area contributed by atoms with Crippen LogP contribution in [-0.4, -0.2) is 5.78 Å². The van der Waals surface area contributed by atoms with Gasteiger partial charge in [-0.1, -0.05) is 24.3 Å². The van der Waals surface area contributed by atoms with Crippen molar-refractivity contribution in [2.75, 3.05) is 0 Å². The Morgan fingerprint density at radius 3 is 1.79 bits per heavy atom. The van der Waals surface area contributed by atoms with E-state index < -0.39 is 23.3 Å². The smallest absolute Gasteiger partial charge is 0.189 e. The van der Waals surface area contributed by atoms with Gasteiger partial charge in [-0.15, -0.1) is 0 Å². The zero-order valence-electron chi connectivity index (χ0n) is 15.1. The fourth-order valence-corrected chi connectivity index (χ4v) is 3.46. The van der Waals surface area contributed by atoms with Gasteiger partial charge in [0.2, 0.25) is 0 Å². The number of rotatable bonds is 2. The molecule has 0 atom stereocenters. The van der Waals surface area contributed by atoms with Crippen LogP contribution in [0, 0.1) is 23.3 Å². The van der Waals surface area contributed by atoms with Crippen LogP contribution in [0.3, 0.4) is 0 Å². The standard InChI is InChI=1S/C24H14F4O/c25-18-6-14(7-19(26)12-18)5-17-11-16-3-1-2-4-22(16)23(24(17)29)10-15-8-20(27)13-21(28)9-15/h1-10,12-13H,11H2/b17-5-,23-10+. The van der Waals surface area contributed by atoms with Crippen LogP contribution in [0.5, 0.6) is 0 Å². The van der Waals surface area contributed by atoms with Crippen LogP contribution >= 0.6 is 0 Å². The lowest BCUT2D eigenvalue weighted by Crippen LogP contribution is -2.16. The van der Waals surface area contributed by atoms with E-state index in [2.05, 4.69) is 0 Å². The first-order chi connectivity index (χ1) is 13.9. The van der Waals surface area contributed by atoms with Crippen LogP contribution in [0.4, 0.5) is 17.6 Å². The van der Waals surface area contributed by atoms with Gasteiger partial charge in [0.15, 0.2) is 5.78 Å². The number of allylic oxidation sites excluding steroid dienone is 2. The van der Waals surface area contributed by atoms with E-state index >= 15 is 0 Å². The summed E-state index contributed by atoms with van der Waals surface area (Å²) in [5.74, 6) is -3.35. The maximum absolute atomic E-state index is 13.6. The molecule has 0 saturated carbocycles. The third-order valence-corrected chi connectivity index (χ3v) is 4.65. The van der Waals surface area contributed by atoms with Crippen molar-refractivity contribution in [3.8, 4) is 0 Å². The van der Waals surface area contributed by atoms with Gasteiger partial charge in [-0.3, -0.25) is 4.79 Å². The first-order valence-corrected chi connectivity index (χ1v) is 8.86. The summed E-state index contributed by atoms with van der Waals surface area (Å²) in [6.07, 6.45) is 3.14. The Kier molecular flexibility index (Phi) is 4.89. The predicted molar refractivity (Wildman–Crippen MR) is 104 cm³/mol. The van der Waals surface area contributed by atoms with Gasteiger partial charge in [-0.05, 0) is 58.7 Å². The van der Waals surface area contributed by atoms with E-state index in [0.717, 1.165) is 42.0 Å². The monoisotopic (exact) mass is 394 g/mol. The molecule has 0 aliphatic heterocycles. The lowest BCUT2D eigenvalue weighted by molar-refractivity contribution is -0.110. The first kappa shape index (κ1) is 18.9. The van der Waals surface area contributed by atoms with Gasteiger partial charge in [0, 0.05) is 29.7 Å². The summed E-state index contributed by atoms with van der Waals surface area (Å²) >= 11 is 0. The molecule has 0 spiro atoms. The second-order valence-electron chi connectivity index (χ2n) is 6.80. The third kappa shape index (κ3) is 4.04. The predicted octanol–water partition coefficient (Wildman–Crippen LogP) is 5.99. The average Bonchev–Trinajstić information content (AvgIpc) is 2.63. The average molecular weight is 394 g/mol. The summed E-state index contributed by atoms with van der Waals surface area (Å²) in [7, 11) is 0. The quantitative estimate of drug-likeness (QED) is 0.385. The van der Waals surface area contributed by atoms with E-state index in [-0.39, 0.29) is 28.9 Å². The van der Waals surface area contributed by atoms with Crippen molar-refractivity contribution in [1.82, 2.24) is 0 Å². The molecule has 0 fully saturated rings. The van der Waals surface area contributed by atoms with Crippen molar-refractivity contribution < 1.29 is 22.4 Å². The van der Waals surface area contributed by atoms with E-state index in [0.29, 0.717) is 11.1 Å². The van der Waals surface area contributed by atoms with Gasteiger partial charge >= 0.3 is 0 Å². The molecule has 0 N–H and O–H groups in total. The summed E-state index contributed by atoms with van der Waals surface area (Å²) in [6, 6.07) is 13.2. The van der Waals surface area contributed by atoms with Crippen molar-refractivity contribution in [2.45, 2.75) is 6.42 Å². The van der Waals surface area contributed by atoms with Crippen molar-refractivity contribution in [3.05, 3.63) is 112 Å². The molecule has 0 unspecified atom stereocenters. The van der Waals surface area contributed by atoms with Crippen LogP contribution in [0.2, 0.25) is 0 Å². The number of Topliss-reactive ketones (excluding diaryl/α,β-unsaturated/α-hetero) is 1. The number of carbonyl (C=O) groups is 1. The van der Waals surface area contributed by atoms with Crippen LogP contribution in [0.1, 0.15) is 22.3 Å². The summed E-state index contributed by atoms with van der Waals surface area (Å²) in [4.78, 5) is 13.1. The van der Waals surface area contributed by atoms with Crippen LogP contribution in [0.15, 0.2) is 66.2 Å². The highest BCUT2D eigenvalue weighted by molar-refractivity contribution is 6.35. The second kappa shape index (κ2) is 7.51. The minimum absolute atomic E-state index is 0.207. The number of halogens is 4. The maximum atomic E-state index is 13.6. The molecule has 0 amide bonds. The van der Waals surface area contributed by atoms with Gasteiger partial charge in [0.1, 0.15) is 23.3 Å². The Morgan fingerprint density at radius 1 is 0.690 bits per heavy atom. The highest BCUT2D eigenvalue weighted by Crippen LogP contribution is 2.34. The zero-order valence-corrected chi connectivity index (χ0v) is 15.1. The number of benzene rings is 3. The SMILES string of the molecule is O=C1/C(=C\c2cc(F)cc(F)c2)Cc2ccccc2/C1=C\c1cc(F)cc(F)c1. The summed E-state index contributed by atoms with van der Waals surface area (Å²) in [6.45, 7) is 0. The van der Waals surface area contributed by atoms with Crippen molar-refractivity contribution in [1.29, 1.82) is 0 Å². The topological polar surface area (TPSA) is 17.1 Å². The number of fused-ring (bicyclic) bond motifs is 1. The molecule has 0 saturated heterocycles. The largest absolute Gasteiger partial charge is 0.289 e. The van der Waals surface area contributed by atoms with E-state index in [1.54, 1.807) is 12.1 Å². The molecule has 0 heterocycles. The molecule has 1 aliphatic carbocycles. The first-order valence-electron chi connectivity index (χ1n) is 8.86. The Hall–Kier alpha value is -3.47. The molecule has 1 aliphatic rings. The molecular formula is C24H14F4O. The third-order valence-electron chi connectivity index (χ3n) is 4.65. The lowest BCUT2D eigenvalue weighted by Gasteiger charge is -2.21. The zero-order chi connectivity index (χ0) is 20.5. The normalized spacial score (nSPS) is 16.3. The van der Waals surface area contributed by atoms with E-state index in [4.69, 9.17) is 0 Å². The van der Waals surface area contributed by atoms with E-state index in [1.165, 1.54) is 12.2 Å². The molecule has 0 aromatic heterocycles. The number of carbonyl (C=O) groups excluding carboxylic acids is 1. The molecule has 0 radical (unpaired) electrons. The Morgan fingerprint density at radius 2 is 1.21 bits per heavy atom. The summed E-state index contributed by atoms with van der Waals surface area (Å²) < 4.78 is 54.2. The number of hydrogen-bond donors (Lipinski definition) is 0. The highest BCUT2D eigenvalue weighted by Gasteiger charge is 2.25. The molecule has 5 heteroatoms. The van der Waals surface area contributed by atoms with Gasteiger partial charge in [0.25, 0.3) is 0 Å². The van der Waals surface area contributed by atoms with Crippen LogP contribution in [0.25, 0.3) is 17.7 Å². The molecule has 1 nitrogen and oxygen atoms in total. The number of ketones is 1. The van der Waals surface area contributed by atoms with Crippen molar-refractivity contribution in [3.63, 3.8) is 0 Å². The lowest BCUT2D eigenvalue weighted by atomic mass is 9.81. The fraction of sp³-hybridized carbons (Fsp3) is 0.0417. The second-order valence-corrected chi connectivity index (χ2v) is 6.80. The van der Waals surface area contributed by atoms with Crippen molar-refractivity contribution in [2.24, 2.45) is 0 Å². The molecule has 29 heavy (non-hydrogen) atoms. The molecule has 144 valence electrons. The molecule has 4 rings (SSSR count). The Bertz CT molecular complexity index is 1150. The van der Waals surface area contributed by atoms with Gasteiger partial charge in [0.05, 0.1) is 0 Å². The van der Waals surface area contributed by atoms with Crippen molar-refractivity contribution >= 4 is 23.5 Å². The highest BCUT2D eigenvalue weighted by atomic mass is 19.1. The number of hydrogen-bond acceptors (Lipinski definition) is 1. The Balaban J connectivity index is 1.85. The van der Waals surface area contributed by atoms with E-state index in [9.17, 15) is 22.4 Å². The minimum Gasteiger partial charge on any atom is -0.289 e. The van der Waals surface area contributed by atoms with Gasteiger partial charge < -0.3 is 0 Å². The minimum atomic E-state index is -0.751. The maximum Gasteiger partial charge on any atom is 0.189 e. The summed E-state index contributed by atoms with van der Waals surface area (Å²) in [5, 5.41) is 0. The van der Waals surface area contributed by atoms with Crippen LogP contribution in [-0.2, 0) is 11.2 Å². The van der Waals surface area contributed by atoms with Gasteiger partial charge in [-0.2, -0.15) is 0 Å². The molecule has 3 aromatic carbocycles.